The van der Waals surface area contributed by atoms with Gasteiger partial charge in [-0.2, -0.15) is 0 Å². The van der Waals surface area contributed by atoms with E-state index < -0.39 is 0 Å². The van der Waals surface area contributed by atoms with Crippen LogP contribution in [0.2, 0.25) is 0 Å². The highest BCUT2D eigenvalue weighted by atomic mass is 14.7. The fourth-order valence-corrected chi connectivity index (χ4v) is 2.80. The molecule has 2 aromatic carbocycles. The molecule has 0 saturated heterocycles. The molecule has 1 heterocycles. The molecule has 0 unspecified atom stereocenters. The second kappa shape index (κ2) is 4.06. The molecule has 0 N–H and O–H groups in total. The smallest absolute Gasteiger partial charge is 0.0705 e. The molecule has 0 radical (unpaired) electrons. The maximum absolute atomic E-state index is 4.62. The van der Waals surface area contributed by atoms with Crippen LogP contribution in [0.4, 0.5) is 0 Å². The molecule has 0 aliphatic heterocycles. The van der Waals surface area contributed by atoms with Crippen LogP contribution in [0.1, 0.15) is 11.1 Å². The van der Waals surface area contributed by atoms with Gasteiger partial charge in [0.05, 0.1) is 5.69 Å². The molecule has 0 amide bonds. The second-order valence-electron chi connectivity index (χ2n) is 4.93. The lowest BCUT2D eigenvalue weighted by atomic mass is 10.1. The van der Waals surface area contributed by atoms with E-state index in [4.69, 9.17) is 0 Å². The van der Waals surface area contributed by atoms with E-state index in [1.807, 2.05) is 12.3 Å². The highest BCUT2D eigenvalue weighted by Gasteiger charge is 2.18. The average molecular weight is 243 g/mol. The molecule has 0 spiro atoms. The lowest BCUT2D eigenvalue weighted by molar-refractivity contribution is 1.23. The van der Waals surface area contributed by atoms with Crippen molar-refractivity contribution in [1.29, 1.82) is 0 Å². The van der Waals surface area contributed by atoms with Crippen LogP contribution in [-0.4, -0.2) is 4.98 Å². The van der Waals surface area contributed by atoms with Crippen molar-refractivity contribution >= 4 is 0 Å². The van der Waals surface area contributed by atoms with Gasteiger partial charge in [-0.15, -0.1) is 0 Å². The Morgan fingerprint density at radius 1 is 0.737 bits per heavy atom. The van der Waals surface area contributed by atoms with E-state index in [1.165, 1.54) is 27.8 Å². The molecule has 1 aliphatic carbocycles. The fourth-order valence-electron chi connectivity index (χ4n) is 2.80. The molecular weight excluding hydrogens is 230 g/mol. The maximum atomic E-state index is 4.62. The summed E-state index contributed by atoms with van der Waals surface area (Å²) in [6, 6.07) is 21.2. The molecule has 90 valence electrons. The van der Waals surface area contributed by atoms with Gasteiger partial charge in [-0.3, -0.25) is 4.98 Å². The van der Waals surface area contributed by atoms with E-state index in [1.54, 1.807) is 0 Å². The van der Waals surface area contributed by atoms with Gasteiger partial charge in [-0.25, -0.2) is 0 Å². The van der Waals surface area contributed by atoms with Crippen molar-refractivity contribution in [3.8, 4) is 22.4 Å². The highest BCUT2D eigenvalue weighted by Crippen LogP contribution is 2.37. The molecule has 0 fully saturated rings. The van der Waals surface area contributed by atoms with Crippen molar-refractivity contribution in [1.82, 2.24) is 4.98 Å². The van der Waals surface area contributed by atoms with Gasteiger partial charge in [0.15, 0.2) is 0 Å². The fraction of sp³-hybridized carbons (Fsp3) is 0.0556. The zero-order valence-electron chi connectivity index (χ0n) is 10.5. The molecule has 1 heteroatoms. The molecular formula is C18H13N. The van der Waals surface area contributed by atoms with Gasteiger partial charge in [0.2, 0.25) is 0 Å². The van der Waals surface area contributed by atoms with Crippen LogP contribution >= 0.6 is 0 Å². The van der Waals surface area contributed by atoms with E-state index >= 15 is 0 Å². The van der Waals surface area contributed by atoms with Crippen molar-refractivity contribution in [2.45, 2.75) is 6.42 Å². The van der Waals surface area contributed by atoms with Crippen LogP contribution in [-0.2, 0) is 6.42 Å². The van der Waals surface area contributed by atoms with Gasteiger partial charge < -0.3 is 0 Å². The number of hydrogen-bond acceptors (Lipinski definition) is 1. The predicted octanol–water partition coefficient (Wildman–Crippen LogP) is 4.32. The Kier molecular flexibility index (Phi) is 2.25. The molecule has 0 atom stereocenters. The lowest BCUT2D eigenvalue weighted by Gasteiger charge is -2.04. The number of aromatic nitrogens is 1. The summed E-state index contributed by atoms with van der Waals surface area (Å²) in [7, 11) is 0. The third-order valence-electron chi connectivity index (χ3n) is 3.75. The van der Waals surface area contributed by atoms with Crippen molar-refractivity contribution < 1.29 is 0 Å². The molecule has 1 aromatic heterocycles. The summed E-state index contributed by atoms with van der Waals surface area (Å²) in [6.07, 6.45) is 3.04. The summed E-state index contributed by atoms with van der Waals surface area (Å²) < 4.78 is 0. The van der Waals surface area contributed by atoms with Crippen LogP contribution in [0.25, 0.3) is 22.4 Å². The van der Waals surface area contributed by atoms with Crippen LogP contribution < -0.4 is 0 Å². The zero-order valence-corrected chi connectivity index (χ0v) is 10.5. The molecule has 0 saturated carbocycles. The molecule has 1 nitrogen and oxygen atoms in total. The SMILES string of the molecule is c1ccc(-c2cc3c(cn2)-c2ccccc2C3)cc1. The van der Waals surface area contributed by atoms with Gasteiger partial charge in [-0.1, -0.05) is 54.6 Å². The normalized spacial score (nSPS) is 12.0. The third-order valence-corrected chi connectivity index (χ3v) is 3.75. The van der Waals surface area contributed by atoms with E-state index in [0.717, 1.165) is 12.1 Å². The number of benzene rings is 2. The number of hydrogen-bond donors (Lipinski definition) is 0. The summed E-state index contributed by atoms with van der Waals surface area (Å²) in [6.45, 7) is 0. The first kappa shape index (κ1) is 10.5. The first-order chi connectivity index (χ1) is 9.42. The highest BCUT2D eigenvalue weighted by molar-refractivity contribution is 5.78. The molecule has 3 aromatic rings. The number of nitrogens with zero attached hydrogens (tertiary/aromatic N) is 1. The van der Waals surface area contributed by atoms with Gasteiger partial charge in [0, 0.05) is 17.3 Å². The predicted molar refractivity (Wildman–Crippen MR) is 77.9 cm³/mol. The first-order valence-electron chi connectivity index (χ1n) is 6.54. The Hall–Kier alpha value is -2.41. The monoisotopic (exact) mass is 243 g/mol. The van der Waals surface area contributed by atoms with Gasteiger partial charge >= 0.3 is 0 Å². The Bertz CT molecular complexity index is 745. The summed E-state index contributed by atoms with van der Waals surface area (Å²) >= 11 is 0. The Morgan fingerprint density at radius 3 is 2.42 bits per heavy atom. The maximum Gasteiger partial charge on any atom is 0.0705 e. The minimum atomic E-state index is 1.02. The van der Waals surface area contributed by atoms with Gasteiger partial charge in [-0.05, 0) is 29.2 Å². The van der Waals surface area contributed by atoms with E-state index in [2.05, 4.69) is 59.6 Å². The Balaban J connectivity index is 1.84. The van der Waals surface area contributed by atoms with Crippen LogP contribution in [0.3, 0.4) is 0 Å². The number of pyridine rings is 1. The molecule has 1 aliphatic rings. The average Bonchev–Trinajstić information content (AvgIpc) is 2.86. The standard InChI is InChI=1S/C18H13N/c1-2-6-13(7-3-1)18-11-15-10-14-8-4-5-9-16(14)17(15)12-19-18/h1-9,11-12H,10H2. The van der Waals surface area contributed by atoms with E-state index in [-0.39, 0.29) is 0 Å². The molecule has 19 heavy (non-hydrogen) atoms. The van der Waals surface area contributed by atoms with Crippen molar-refractivity contribution in [2.75, 3.05) is 0 Å². The van der Waals surface area contributed by atoms with E-state index in [0.29, 0.717) is 0 Å². The largest absolute Gasteiger partial charge is 0.256 e. The van der Waals surface area contributed by atoms with Crippen molar-refractivity contribution in [2.24, 2.45) is 0 Å². The van der Waals surface area contributed by atoms with Gasteiger partial charge in [0.25, 0.3) is 0 Å². The Labute approximate surface area is 112 Å². The molecule has 0 bridgehead atoms. The van der Waals surface area contributed by atoms with Crippen molar-refractivity contribution in [3.05, 3.63) is 78.0 Å². The number of fused-ring (bicyclic) bond motifs is 3. The van der Waals surface area contributed by atoms with Crippen molar-refractivity contribution in [3.63, 3.8) is 0 Å². The van der Waals surface area contributed by atoms with Crippen LogP contribution in [0.15, 0.2) is 66.9 Å². The zero-order chi connectivity index (χ0) is 12.7. The first-order valence-corrected chi connectivity index (χ1v) is 6.54. The van der Waals surface area contributed by atoms with Gasteiger partial charge in [0.1, 0.15) is 0 Å². The summed E-state index contributed by atoms with van der Waals surface area (Å²) in [4.78, 5) is 4.62. The summed E-state index contributed by atoms with van der Waals surface area (Å²) in [5.41, 5.74) is 7.66. The summed E-state index contributed by atoms with van der Waals surface area (Å²) in [5.74, 6) is 0. The quantitative estimate of drug-likeness (QED) is 0.485. The lowest BCUT2D eigenvalue weighted by Crippen LogP contribution is -1.87. The third kappa shape index (κ3) is 1.66. The van der Waals surface area contributed by atoms with Crippen LogP contribution in [0.5, 0.6) is 0 Å². The summed E-state index contributed by atoms with van der Waals surface area (Å²) in [5, 5.41) is 0. The molecule has 4 rings (SSSR count). The number of rotatable bonds is 1. The Morgan fingerprint density at radius 2 is 1.53 bits per heavy atom. The van der Waals surface area contributed by atoms with E-state index in [9.17, 15) is 0 Å². The topological polar surface area (TPSA) is 12.9 Å². The van der Waals surface area contributed by atoms with Crippen LogP contribution in [0, 0.1) is 0 Å². The second-order valence-corrected chi connectivity index (χ2v) is 4.93. The minimum Gasteiger partial charge on any atom is -0.256 e. The minimum absolute atomic E-state index is 1.02.